The first-order valence-corrected chi connectivity index (χ1v) is 10.2. The van der Waals surface area contributed by atoms with E-state index in [1.54, 1.807) is 6.20 Å². The van der Waals surface area contributed by atoms with Gasteiger partial charge in [-0.2, -0.15) is 5.10 Å². The number of H-pyrrole nitrogens is 1. The highest BCUT2D eigenvalue weighted by Crippen LogP contribution is 2.32. The van der Waals surface area contributed by atoms with Crippen LogP contribution in [0.1, 0.15) is 31.2 Å². The fourth-order valence-corrected chi connectivity index (χ4v) is 4.79. The number of aromatic nitrogens is 2. The number of carbonyl (C=O) groups excluding carboxylic acids is 1. The molecule has 1 atom stereocenters. The first kappa shape index (κ1) is 18.4. The lowest BCUT2D eigenvalue weighted by molar-refractivity contribution is -0.134. The predicted octanol–water partition coefficient (Wildman–Crippen LogP) is 2.01. The van der Waals surface area contributed by atoms with Gasteiger partial charge in [0.2, 0.25) is 5.91 Å². The number of hydrogen-bond acceptors (Lipinski definition) is 4. The largest absolute Gasteiger partial charge is 0.341 e. The van der Waals surface area contributed by atoms with Crippen molar-refractivity contribution in [2.24, 2.45) is 17.6 Å². The zero-order valence-corrected chi connectivity index (χ0v) is 16.2. The number of nitrogens with one attached hydrogen (secondary N) is 1. The zero-order chi connectivity index (χ0) is 18.8. The second-order valence-corrected chi connectivity index (χ2v) is 8.41. The van der Waals surface area contributed by atoms with Crippen LogP contribution in [0.2, 0.25) is 0 Å². The molecule has 3 heterocycles. The van der Waals surface area contributed by atoms with Gasteiger partial charge in [0.15, 0.2) is 0 Å². The average Bonchev–Trinajstić information content (AvgIpc) is 3.16. The number of amides is 1. The van der Waals surface area contributed by atoms with Crippen LogP contribution < -0.4 is 5.73 Å². The molecule has 0 radical (unpaired) electrons. The Balaban J connectivity index is 1.29. The van der Waals surface area contributed by atoms with Crippen LogP contribution in [-0.2, 0) is 11.2 Å². The van der Waals surface area contributed by atoms with Crippen LogP contribution >= 0.6 is 0 Å². The molecule has 4 rings (SSSR count). The smallest absolute Gasteiger partial charge is 0.239 e. The molecule has 6 nitrogen and oxygen atoms in total. The third-order valence-electron chi connectivity index (χ3n) is 6.56. The molecule has 2 fully saturated rings. The van der Waals surface area contributed by atoms with E-state index in [2.05, 4.69) is 28.2 Å². The van der Waals surface area contributed by atoms with E-state index in [0.29, 0.717) is 6.42 Å². The van der Waals surface area contributed by atoms with Gasteiger partial charge in [-0.1, -0.05) is 6.07 Å². The standard InChI is InChI=1S/C21H31N5O/c1-25-8-4-16(5-9-25)17-6-10-26(11-7-17)21(27)19(22)13-15-2-3-20-18(12-15)14-23-24-20/h2-3,12,14,16-17,19H,4-11,13,22H2,1H3,(H,23,24). The Labute approximate surface area is 161 Å². The van der Waals surface area contributed by atoms with Crippen molar-refractivity contribution in [3.8, 4) is 0 Å². The fourth-order valence-electron chi connectivity index (χ4n) is 4.79. The summed E-state index contributed by atoms with van der Waals surface area (Å²) in [5.74, 6) is 1.72. The number of hydrogen-bond donors (Lipinski definition) is 2. The number of rotatable bonds is 4. The van der Waals surface area contributed by atoms with E-state index in [9.17, 15) is 4.79 Å². The molecule has 2 saturated heterocycles. The molecular weight excluding hydrogens is 338 g/mol. The van der Waals surface area contributed by atoms with E-state index in [-0.39, 0.29) is 5.91 Å². The number of nitrogens with two attached hydrogens (primary N) is 1. The van der Waals surface area contributed by atoms with E-state index in [4.69, 9.17) is 5.73 Å². The highest BCUT2D eigenvalue weighted by atomic mass is 16.2. The van der Waals surface area contributed by atoms with Gasteiger partial charge < -0.3 is 15.5 Å². The van der Waals surface area contributed by atoms with E-state index in [1.165, 1.54) is 25.9 Å². The summed E-state index contributed by atoms with van der Waals surface area (Å²) in [6.07, 6.45) is 7.27. The highest BCUT2D eigenvalue weighted by molar-refractivity contribution is 5.83. The van der Waals surface area contributed by atoms with Gasteiger partial charge in [0.25, 0.3) is 0 Å². The maximum Gasteiger partial charge on any atom is 0.239 e. The minimum Gasteiger partial charge on any atom is -0.341 e. The van der Waals surface area contributed by atoms with Crippen molar-refractivity contribution in [3.63, 3.8) is 0 Å². The molecule has 2 aromatic rings. The maximum atomic E-state index is 12.8. The van der Waals surface area contributed by atoms with Gasteiger partial charge in [0.1, 0.15) is 0 Å². The molecule has 0 spiro atoms. The van der Waals surface area contributed by atoms with Crippen LogP contribution in [0.4, 0.5) is 0 Å². The summed E-state index contributed by atoms with van der Waals surface area (Å²) in [6, 6.07) is 5.63. The van der Waals surface area contributed by atoms with Gasteiger partial charge in [-0.05, 0) is 81.8 Å². The Morgan fingerprint density at radius 1 is 1.19 bits per heavy atom. The van der Waals surface area contributed by atoms with Crippen LogP contribution in [0.5, 0.6) is 0 Å². The van der Waals surface area contributed by atoms with E-state index >= 15 is 0 Å². The van der Waals surface area contributed by atoms with Crippen LogP contribution in [0.15, 0.2) is 24.4 Å². The summed E-state index contributed by atoms with van der Waals surface area (Å²) in [5, 5.41) is 8.06. The number of piperidine rings is 2. The molecule has 27 heavy (non-hydrogen) atoms. The molecule has 1 aromatic carbocycles. The molecule has 146 valence electrons. The van der Waals surface area contributed by atoms with Gasteiger partial charge in [0.05, 0.1) is 17.8 Å². The lowest BCUT2D eigenvalue weighted by atomic mass is 9.79. The Morgan fingerprint density at radius 2 is 1.85 bits per heavy atom. The Hall–Kier alpha value is -1.92. The molecule has 6 heteroatoms. The topological polar surface area (TPSA) is 78.2 Å². The highest BCUT2D eigenvalue weighted by Gasteiger charge is 2.31. The lowest BCUT2D eigenvalue weighted by Gasteiger charge is -2.40. The number of likely N-dealkylation sites (tertiary alicyclic amines) is 2. The van der Waals surface area contributed by atoms with Crippen molar-refractivity contribution in [1.82, 2.24) is 20.0 Å². The van der Waals surface area contributed by atoms with E-state index < -0.39 is 6.04 Å². The van der Waals surface area contributed by atoms with Crippen molar-refractivity contribution in [1.29, 1.82) is 0 Å². The zero-order valence-electron chi connectivity index (χ0n) is 16.2. The molecule has 3 N–H and O–H groups in total. The minimum atomic E-state index is -0.464. The van der Waals surface area contributed by atoms with Gasteiger partial charge in [-0.25, -0.2) is 0 Å². The van der Waals surface area contributed by atoms with Gasteiger partial charge in [-0.15, -0.1) is 0 Å². The van der Waals surface area contributed by atoms with Crippen LogP contribution in [0, 0.1) is 11.8 Å². The number of aromatic amines is 1. The summed E-state index contributed by atoms with van der Waals surface area (Å²) in [7, 11) is 2.21. The van der Waals surface area contributed by atoms with Crippen LogP contribution in [0.3, 0.4) is 0 Å². The molecular formula is C21H31N5O. The van der Waals surface area contributed by atoms with Gasteiger partial charge in [0, 0.05) is 18.5 Å². The molecule has 0 aliphatic carbocycles. The quantitative estimate of drug-likeness (QED) is 0.864. The normalized spacial score (nSPS) is 21.6. The third-order valence-corrected chi connectivity index (χ3v) is 6.56. The van der Waals surface area contributed by atoms with E-state index in [0.717, 1.165) is 54.2 Å². The molecule has 1 amide bonds. The Kier molecular flexibility index (Phi) is 5.45. The summed E-state index contributed by atoms with van der Waals surface area (Å²) < 4.78 is 0. The molecule has 0 saturated carbocycles. The van der Waals surface area contributed by atoms with Crippen molar-refractivity contribution in [2.75, 3.05) is 33.2 Å². The van der Waals surface area contributed by atoms with Crippen molar-refractivity contribution in [2.45, 2.75) is 38.1 Å². The number of nitrogens with zero attached hydrogens (tertiary/aromatic N) is 3. The third kappa shape index (κ3) is 4.17. The SMILES string of the molecule is CN1CCC(C2CCN(C(=O)C(N)Cc3ccc4[nH]ncc4c3)CC2)CC1. The second-order valence-electron chi connectivity index (χ2n) is 8.41. The monoisotopic (exact) mass is 369 g/mol. The molecule has 1 aromatic heterocycles. The number of fused-ring (bicyclic) bond motifs is 1. The maximum absolute atomic E-state index is 12.8. The summed E-state index contributed by atoms with van der Waals surface area (Å²) in [4.78, 5) is 17.2. The van der Waals surface area contributed by atoms with Crippen molar-refractivity contribution >= 4 is 16.8 Å². The van der Waals surface area contributed by atoms with E-state index in [1.807, 2.05) is 17.0 Å². The fraction of sp³-hybridized carbons (Fsp3) is 0.619. The van der Waals surface area contributed by atoms with Crippen molar-refractivity contribution < 1.29 is 4.79 Å². The van der Waals surface area contributed by atoms with Crippen LogP contribution in [-0.4, -0.2) is 65.2 Å². The lowest BCUT2D eigenvalue weighted by Crippen LogP contribution is -2.49. The summed E-state index contributed by atoms with van der Waals surface area (Å²) >= 11 is 0. The molecule has 0 bridgehead atoms. The molecule has 2 aliphatic rings. The first-order chi connectivity index (χ1) is 13.1. The summed E-state index contributed by atoms with van der Waals surface area (Å²) in [6.45, 7) is 4.17. The van der Waals surface area contributed by atoms with Crippen LogP contribution in [0.25, 0.3) is 10.9 Å². The average molecular weight is 370 g/mol. The Bertz CT molecular complexity index is 772. The van der Waals surface area contributed by atoms with Gasteiger partial charge in [-0.3, -0.25) is 9.89 Å². The second kappa shape index (κ2) is 7.98. The number of benzene rings is 1. The molecule has 2 aliphatic heterocycles. The minimum absolute atomic E-state index is 0.101. The summed E-state index contributed by atoms with van der Waals surface area (Å²) in [5.41, 5.74) is 8.37. The Morgan fingerprint density at radius 3 is 2.56 bits per heavy atom. The predicted molar refractivity (Wildman–Crippen MR) is 107 cm³/mol. The number of carbonyl (C=O) groups is 1. The molecule has 1 unspecified atom stereocenters. The van der Waals surface area contributed by atoms with Gasteiger partial charge >= 0.3 is 0 Å². The first-order valence-electron chi connectivity index (χ1n) is 10.2. The van der Waals surface area contributed by atoms with Crippen molar-refractivity contribution in [3.05, 3.63) is 30.0 Å².